The van der Waals surface area contributed by atoms with Gasteiger partial charge in [-0.15, -0.1) is 0 Å². The first-order valence-electron chi connectivity index (χ1n) is 7.05. The molecule has 1 aromatic carbocycles. The van der Waals surface area contributed by atoms with E-state index < -0.39 is 17.8 Å². The third-order valence-corrected chi connectivity index (χ3v) is 2.73. The highest BCUT2D eigenvalue weighted by Crippen LogP contribution is 2.08. The zero-order valence-corrected chi connectivity index (χ0v) is 12.6. The van der Waals surface area contributed by atoms with Crippen LogP contribution in [0.15, 0.2) is 30.3 Å². The Bertz CT molecular complexity index is 398. The lowest BCUT2D eigenvalue weighted by Gasteiger charge is -2.20. The normalized spacial score (nSPS) is 12.8. The number of carbonyl (C=O) groups is 1. The molecule has 4 nitrogen and oxygen atoms in total. The van der Waals surface area contributed by atoms with Crippen molar-refractivity contribution in [3.05, 3.63) is 35.9 Å². The first kappa shape index (κ1) is 16.5. The Labute approximate surface area is 121 Å². The molecule has 1 aromatic rings. The summed E-state index contributed by atoms with van der Waals surface area (Å²) in [7, 11) is 0. The van der Waals surface area contributed by atoms with Crippen molar-refractivity contribution in [1.29, 1.82) is 0 Å². The van der Waals surface area contributed by atoms with Crippen molar-refractivity contribution < 1.29 is 14.6 Å². The Kier molecular flexibility index (Phi) is 6.52. The Morgan fingerprint density at radius 2 is 1.95 bits per heavy atom. The van der Waals surface area contributed by atoms with E-state index in [-0.39, 0.29) is 6.54 Å². The zero-order valence-electron chi connectivity index (χ0n) is 12.6. The smallest absolute Gasteiger partial charge is 0.407 e. The van der Waals surface area contributed by atoms with Gasteiger partial charge >= 0.3 is 6.09 Å². The van der Waals surface area contributed by atoms with Crippen molar-refractivity contribution >= 4 is 6.09 Å². The van der Waals surface area contributed by atoms with Gasteiger partial charge in [0.25, 0.3) is 0 Å². The van der Waals surface area contributed by atoms with Crippen LogP contribution in [0.25, 0.3) is 0 Å². The predicted molar refractivity (Wildman–Crippen MR) is 79.6 cm³/mol. The number of hydrogen-bond acceptors (Lipinski definition) is 3. The predicted octanol–water partition coefficient (Wildman–Crippen LogP) is 2.89. The number of ether oxygens (including phenoxy) is 1. The van der Waals surface area contributed by atoms with Gasteiger partial charge in [0.2, 0.25) is 0 Å². The third-order valence-electron chi connectivity index (χ3n) is 2.73. The number of rotatable bonds is 6. The minimum Gasteiger partial charge on any atom is -0.444 e. The number of aryl methyl sites for hydroxylation is 1. The molecule has 0 fully saturated rings. The van der Waals surface area contributed by atoms with E-state index in [0.717, 1.165) is 12.8 Å². The highest BCUT2D eigenvalue weighted by atomic mass is 16.6. The molecule has 0 heterocycles. The molecule has 2 N–H and O–H groups in total. The van der Waals surface area contributed by atoms with Crippen LogP contribution in [0.4, 0.5) is 4.79 Å². The summed E-state index contributed by atoms with van der Waals surface area (Å²) in [4.78, 5) is 11.4. The summed E-state index contributed by atoms with van der Waals surface area (Å²) in [6.45, 7) is 5.65. The second-order valence-electron chi connectivity index (χ2n) is 5.91. The number of hydrogen-bond donors (Lipinski definition) is 2. The van der Waals surface area contributed by atoms with Gasteiger partial charge in [-0.3, -0.25) is 0 Å². The number of nitrogens with one attached hydrogen (secondary N) is 1. The van der Waals surface area contributed by atoms with Crippen molar-refractivity contribution in [2.75, 3.05) is 6.54 Å². The standard InChI is InChI=1S/C16H25NO3/c1-16(2,3)20-15(19)17-12-14(18)11-7-10-13-8-5-4-6-9-13/h4-6,8-9,14,18H,7,10-12H2,1-3H3,(H,17,19). The van der Waals surface area contributed by atoms with E-state index in [1.54, 1.807) is 0 Å². The molecule has 0 aliphatic rings. The summed E-state index contributed by atoms with van der Waals surface area (Å²) in [5.74, 6) is 0. The molecule has 20 heavy (non-hydrogen) atoms. The largest absolute Gasteiger partial charge is 0.444 e. The second kappa shape index (κ2) is 7.90. The van der Waals surface area contributed by atoms with E-state index in [9.17, 15) is 9.90 Å². The van der Waals surface area contributed by atoms with E-state index in [2.05, 4.69) is 17.4 Å². The summed E-state index contributed by atoms with van der Waals surface area (Å²) in [5, 5.41) is 12.4. The topological polar surface area (TPSA) is 58.6 Å². The molecule has 0 aliphatic carbocycles. The maximum Gasteiger partial charge on any atom is 0.407 e. The Morgan fingerprint density at radius 3 is 2.55 bits per heavy atom. The Hall–Kier alpha value is -1.55. The number of carbonyl (C=O) groups excluding carboxylic acids is 1. The molecule has 0 saturated heterocycles. The molecule has 0 saturated carbocycles. The average molecular weight is 279 g/mol. The maximum absolute atomic E-state index is 11.4. The number of alkyl carbamates (subject to hydrolysis) is 1. The zero-order chi connectivity index (χ0) is 15.0. The van der Waals surface area contributed by atoms with Gasteiger partial charge in [0.05, 0.1) is 6.10 Å². The van der Waals surface area contributed by atoms with Gasteiger partial charge in [-0.2, -0.15) is 0 Å². The lowest BCUT2D eigenvalue weighted by molar-refractivity contribution is 0.0487. The highest BCUT2D eigenvalue weighted by molar-refractivity contribution is 5.67. The van der Waals surface area contributed by atoms with Crippen LogP contribution in [-0.2, 0) is 11.2 Å². The van der Waals surface area contributed by atoms with Crippen molar-refractivity contribution in [1.82, 2.24) is 5.32 Å². The van der Waals surface area contributed by atoms with Gasteiger partial charge in [0.15, 0.2) is 0 Å². The molecule has 1 atom stereocenters. The van der Waals surface area contributed by atoms with Gasteiger partial charge in [-0.25, -0.2) is 4.79 Å². The van der Waals surface area contributed by atoms with Crippen LogP contribution in [0.3, 0.4) is 0 Å². The van der Waals surface area contributed by atoms with E-state index in [4.69, 9.17) is 4.74 Å². The van der Waals surface area contributed by atoms with Gasteiger partial charge < -0.3 is 15.2 Å². The maximum atomic E-state index is 11.4. The monoisotopic (exact) mass is 279 g/mol. The molecule has 0 bridgehead atoms. The summed E-state index contributed by atoms with van der Waals surface area (Å²) in [6.07, 6.45) is 1.46. The minimum absolute atomic E-state index is 0.226. The van der Waals surface area contributed by atoms with Crippen LogP contribution in [0.5, 0.6) is 0 Å². The Morgan fingerprint density at radius 1 is 1.30 bits per heavy atom. The van der Waals surface area contributed by atoms with Crippen LogP contribution in [0, 0.1) is 0 Å². The van der Waals surface area contributed by atoms with Gasteiger partial charge in [-0.1, -0.05) is 30.3 Å². The molecule has 0 radical (unpaired) electrons. The van der Waals surface area contributed by atoms with Crippen molar-refractivity contribution in [3.8, 4) is 0 Å². The molecule has 0 aliphatic heterocycles. The minimum atomic E-state index is -0.536. The first-order valence-corrected chi connectivity index (χ1v) is 7.05. The molecular weight excluding hydrogens is 254 g/mol. The highest BCUT2D eigenvalue weighted by Gasteiger charge is 2.16. The summed E-state index contributed by atoms with van der Waals surface area (Å²) in [5.41, 5.74) is 0.752. The van der Waals surface area contributed by atoms with E-state index >= 15 is 0 Å². The third kappa shape index (κ3) is 7.79. The fraction of sp³-hybridized carbons (Fsp3) is 0.562. The lowest BCUT2D eigenvalue weighted by Crippen LogP contribution is -2.36. The van der Waals surface area contributed by atoms with Gasteiger partial charge in [0, 0.05) is 6.54 Å². The SMILES string of the molecule is CC(C)(C)OC(=O)NCC(O)CCCc1ccccc1. The number of benzene rings is 1. The number of amides is 1. The van der Waals surface area contributed by atoms with Crippen LogP contribution < -0.4 is 5.32 Å². The molecule has 112 valence electrons. The number of aliphatic hydroxyl groups is 1. The quantitative estimate of drug-likeness (QED) is 0.841. The molecular formula is C16H25NO3. The van der Waals surface area contributed by atoms with Crippen LogP contribution in [0.2, 0.25) is 0 Å². The van der Waals surface area contributed by atoms with Crippen LogP contribution in [0.1, 0.15) is 39.2 Å². The van der Waals surface area contributed by atoms with E-state index in [0.29, 0.717) is 6.42 Å². The van der Waals surface area contributed by atoms with E-state index in [1.165, 1.54) is 5.56 Å². The summed E-state index contributed by atoms with van der Waals surface area (Å²) >= 11 is 0. The van der Waals surface area contributed by atoms with E-state index in [1.807, 2.05) is 39.0 Å². The fourth-order valence-electron chi connectivity index (χ4n) is 1.80. The molecule has 1 unspecified atom stereocenters. The molecule has 4 heteroatoms. The first-order chi connectivity index (χ1) is 9.37. The van der Waals surface area contributed by atoms with Gasteiger partial charge in [0.1, 0.15) is 5.60 Å². The molecule has 1 rings (SSSR count). The van der Waals surface area contributed by atoms with Crippen molar-refractivity contribution in [3.63, 3.8) is 0 Å². The number of aliphatic hydroxyl groups excluding tert-OH is 1. The van der Waals surface area contributed by atoms with Crippen LogP contribution >= 0.6 is 0 Å². The van der Waals surface area contributed by atoms with Crippen LogP contribution in [-0.4, -0.2) is 29.4 Å². The van der Waals surface area contributed by atoms with Crippen molar-refractivity contribution in [2.45, 2.75) is 51.7 Å². The van der Waals surface area contributed by atoms with Gasteiger partial charge in [-0.05, 0) is 45.6 Å². The Balaban J connectivity index is 2.14. The summed E-state index contributed by atoms with van der Waals surface area (Å²) in [6, 6.07) is 10.2. The average Bonchev–Trinajstić information content (AvgIpc) is 2.36. The molecule has 0 spiro atoms. The summed E-state index contributed by atoms with van der Waals surface area (Å²) < 4.78 is 5.10. The second-order valence-corrected chi connectivity index (χ2v) is 5.91. The molecule has 1 amide bonds. The molecule has 0 aromatic heterocycles. The lowest BCUT2D eigenvalue weighted by atomic mass is 10.1. The fourth-order valence-corrected chi connectivity index (χ4v) is 1.80. The van der Waals surface area contributed by atoms with Crippen molar-refractivity contribution in [2.24, 2.45) is 0 Å².